The molecule has 19 heavy (non-hydrogen) atoms. The molecule has 0 spiro atoms. The fourth-order valence-electron chi connectivity index (χ4n) is 1.22. The Labute approximate surface area is 111 Å². The molecule has 0 amide bonds. The number of halogens is 4. The third kappa shape index (κ3) is 3.88. The van der Waals surface area contributed by atoms with E-state index in [2.05, 4.69) is 0 Å². The number of hydrogen-bond acceptors (Lipinski definition) is 4. The molecule has 4 nitrogen and oxygen atoms in total. The first-order chi connectivity index (χ1) is 8.60. The van der Waals surface area contributed by atoms with E-state index >= 15 is 0 Å². The third-order valence-electron chi connectivity index (χ3n) is 2.19. The van der Waals surface area contributed by atoms with Crippen molar-refractivity contribution in [2.24, 2.45) is 0 Å². The van der Waals surface area contributed by atoms with Gasteiger partial charge < -0.3 is 5.11 Å². The van der Waals surface area contributed by atoms with Crippen LogP contribution in [0.1, 0.15) is 9.75 Å². The summed E-state index contributed by atoms with van der Waals surface area (Å²) < 4.78 is 73.9. The van der Waals surface area contributed by atoms with E-state index in [-0.39, 0.29) is 9.77 Å². The number of aliphatic hydroxyl groups excluding tert-OH is 1. The minimum absolute atomic E-state index is 0.275. The van der Waals surface area contributed by atoms with Gasteiger partial charge in [-0.05, 0) is 13.0 Å². The lowest BCUT2D eigenvalue weighted by Crippen LogP contribution is -2.41. The van der Waals surface area contributed by atoms with Crippen molar-refractivity contribution < 1.29 is 31.1 Å². The highest BCUT2D eigenvalue weighted by Gasteiger charge is 2.41. The second-order valence-corrected chi connectivity index (χ2v) is 6.75. The molecule has 110 valence electrons. The summed E-state index contributed by atoms with van der Waals surface area (Å²) in [6, 6.07) is 1.11. The monoisotopic (exact) mass is 321 g/mol. The van der Waals surface area contributed by atoms with E-state index in [9.17, 15) is 26.0 Å². The summed E-state index contributed by atoms with van der Waals surface area (Å²) in [7, 11) is -4.31. The number of hydrogen-bond donors (Lipinski definition) is 2. The first kappa shape index (κ1) is 16.3. The zero-order chi connectivity index (χ0) is 14.8. The molecule has 10 heteroatoms. The molecule has 1 aromatic rings. The van der Waals surface area contributed by atoms with Gasteiger partial charge in [-0.2, -0.15) is 8.78 Å². The molecule has 0 saturated carbocycles. The van der Waals surface area contributed by atoms with Gasteiger partial charge >= 0.3 is 12.3 Å². The lowest BCUT2D eigenvalue weighted by molar-refractivity contribution is -0.122. The van der Waals surface area contributed by atoms with Crippen molar-refractivity contribution >= 4 is 21.4 Å². The number of rotatable bonds is 6. The van der Waals surface area contributed by atoms with Gasteiger partial charge in [0.2, 0.25) is 10.0 Å². The average Bonchev–Trinajstić information content (AvgIpc) is 2.69. The Morgan fingerprint density at radius 2 is 2.05 bits per heavy atom. The van der Waals surface area contributed by atoms with Crippen molar-refractivity contribution in [2.45, 2.75) is 30.8 Å². The van der Waals surface area contributed by atoms with Crippen molar-refractivity contribution in [2.75, 3.05) is 6.54 Å². The van der Waals surface area contributed by atoms with Crippen LogP contribution in [0.4, 0.5) is 17.6 Å². The Balaban J connectivity index is 2.90. The van der Waals surface area contributed by atoms with E-state index in [1.54, 1.807) is 0 Å². The zero-order valence-corrected chi connectivity index (χ0v) is 11.3. The fourth-order valence-corrected chi connectivity index (χ4v) is 3.75. The van der Waals surface area contributed by atoms with Crippen LogP contribution in [0.5, 0.6) is 0 Å². The van der Waals surface area contributed by atoms with Crippen LogP contribution >= 0.6 is 11.3 Å². The van der Waals surface area contributed by atoms with Gasteiger partial charge in [0.05, 0.1) is 18.0 Å². The summed E-state index contributed by atoms with van der Waals surface area (Å²) in [5.74, 6) is -4.43. The summed E-state index contributed by atoms with van der Waals surface area (Å²) >= 11 is 0.976. The van der Waals surface area contributed by atoms with Gasteiger partial charge in [0.1, 0.15) is 0 Å². The van der Waals surface area contributed by atoms with Gasteiger partial charge in [-0.3, -0.25) is 0 Å². The number of aryl methyl sites for hydroxylation is 1. The van der Waals surface area contributed by atoms with E-state index in [0.717, 1.165) is 17.4 Å². The first-order valence-electron chi connectivity index (χ1n) is 4.96. The Hall–Kier alpha value is -0.710. The minimum atomic E-state index is -4.43. The van der Waals surface area contributed by atoms with E-state index in [4.69, 9.17) is 5.11 Å². The second-order valence-electron chi connectivity index (χ2n) is 3.68. The van der Waals surface area contributed by atoms with Crippen LogP contribution in [0.3, 0.4) is 0 Å². The lowest BCUT2D eigenvalue weighted by atomic mass is 10.4. The molecule has 0 fully saturated rings. The maximum absolute atomic E-state index is 12.7. The summed E-state index contributed by atoms with van der Waals surface area (Å²) in [5.41, 5.74) is 0. The molecular formula is C9H11F4NO3S2. The largest absolute Gasteiger partial charge is 0.391 e. The molecule has 0 unspecified atom stereocenters. The normalized spacial score (nSPS) is 13.2. The maximum Gasteiger partial charge on any atom is 0.320 e. The SMILES string of the molecule is Cc1sc(CO)cc1S(=O)(=O)NCC(F)(F)C(F)F. The summed E-state index contributed by atoms with van der Waals surface area (Å²) in [5, 5.41) is 8.85. The molecule has 0 saturated heterocycles. The van der Waals surface area contributed by atoms with Crippen LogP contribution in [-0.2, 0) is 16.6 Å². The molecule has 0 radical (unpaired) electrons. The van der Waals surface area contributed by atoms with E-state index < -0.39 is 35.5 Å². The van der Waals surface area contributed by atoms with Crippen molar-refractivity contribution in [3.63, 3.8) is 0 Å². The minimum Gasteiger partial charge on any atom is -0.391 e. The van der Waals surface area contributed by atoms with Crippen molar-refractivity contribution in [3.8, 4) is 0 Å². The van der Waals surface area contributed by atoms with Gasteiger partial charge in [0.25, 0.3) is 0 Å². The van der Waals surface area contributed by atoms with Gasteiger partial charge in [-0.15, -0.1) is 11.3 Å². The number of alkyl halides is 4. The van der Waals surface area contributed by atoms with E-state index in [1.165, 1.54) is 11.6 Å². The molecule has 1 heterocycles. The number of aliphatic hydroxyl groups is 1. The number of thiophene rings is 1. The molecule has 1 aromatic heterocycles. The highest BCUT2D eigenvalue weighted by atomic mass is 32.2. The molecule has 0 atom stereocenters. The van der Waals surface area contributed by atoms with Crippen LogP contribution in [0.2, 0.25) is 0 Å². The van der Waals surface area contributed by atoms with Crippen LogP contribution in [0, 0.1) is 6.92 Å². The van der Waals surface area contributed by atoms with Crippen LogP contribution in [-0.4, -0.2) is 32.4 Å². The molecule has 0 aliphatic rings. The summed E-state index contributed by atoms with van der Waals surface area (Å²) in [6.45, 7) is -0.658. The molecule has 0 aliphatic carbocycles. The van der Waals surface area contributed by atoms with Crippen molar-refractivity contribution in [3.05, 3.63) is 15.8 Å². The first-order valence-corrected chi connectivity index (χ1v) is 7.26. The predicted molar refractivity (Wildman–Crippen MR) is 61.1 cm³/mol. The van der Waals surface area contributed by atoms with Crippen LogP contribution in [0.25, 0.3) is 0 Å². The topological polar surface area (TPSA) is 66.4 Å². The average molecular weight is 321 g/mol. The molecular weight excluding hydrogens is 310 g/mol. The van der Waals surface area contributed by atoms with E-state index in [0.29, 0.717) is 4.88 Å². The van der Waals surface area contributed by atoms with E-state index in [1.807, 2.05) is 0 Å². The summed E-state index contributed by atoms with van der Waals surface area (Å²) in [6.07, 6.45) is -3.95. The predicted octanol–water partition coefficient (Wildman–Crippen LogP) is 1.73. The molecule has 2 N–H and O–H groups in total. The van der Waals surface area contributed by atoms with Crippen molar-refractivity contribution in [1.82, 2.24) is 4.72 Å². The molecule has 0 aromatic carbocycles. The zero-order valence-electron chi connectivity index (χ0n) is 9.66. The van der Waals surface area contributed by atoms with Gasteiger partial charge in [0.15, 0.2) is 0 Å². The number of nitrogens with one attached hydrogen (secondary N) is 1. The Bertz CT molecular complexity index is 542. The number of sulfonamides is 1. The smallest absolute Gasteiger partial charge is 0.320 e. The van der Waals surface area contributed by atoms with Gasteiger partial charge in [-0.25, -0.2) is 21.9 Å². The Morgan fingerprint density at radius 3 is 2.47 bits per heavy atom. The lowest BCUT2D eigenvalue weighted by Gasteiger charge is -2.15. The van der Waals surface area contributed by atoms with Crippen LogP contribution < -0.4 is 4.72 Å². The maximum atomic E-state index is 12.7. The molecule has 1 rings (SSSR count). The Kier molecular flexibility index (Phi) is 4.93. The molecule has 0 aliphatic heterocycles. The third-order valence-corrected chi connectivity index (χ3v) is 4.88. The highest BCUT2D eigenvalue weighted by molar-refractivity contribution is 7.89. The fraction of sp³-hybridized carbons (Fsp3) is 0.556. The quantitative estimate of drug-likeness (QED) is 0.784. The van der Waals surface area contributed by atoms with Crippen molar-refractivity contribution in [1.29, 1.82) is 0 Å². The Morgan fingerprint density at radius 1 is 1.47 bits per heavy atom. The second kappa shape index (κ2) is 5.73. The van der Waals surface area contributed by atoms with Gasteiger partial charge in [-0.1, -0.05) is 0 Å². The summed E-state index contributed by atoms with van der Waals surface area (Å²) in [4.78, 5) is 0.307. The standard InChI is InChI=1S/C9H11F4NO3S2/c1-5-7(2-6(3-15)18-5)19(16,17)14-4-9(12,13)8(10)11/h2,8,14-15H,3-4H2,1H3. The van der Waals surface area contributed by atoms with Crippen LogP contribution in [0.15, 0.2) is 11.0 Å². The highest BCUT2D eigenvalue weighted by Crippen LogP contribution is 2.27. The molecule has 0 bridgehead atoms. The van der Waals surface area contributed by atoms with Gasteiger partial charge in [0, 0.05) is 9.75 Å².